The van der Waals surface area contributed by atoms with E-state index in [0.717, 1.165) is 18.7 Å². The summed E-state index contributed by atoms with van der Waals surface area (Å²) in [6.07, 6.45) is 1.55. The molecule has 1 aliphatic rings. The Morgan fingerprint density at radius 3 is 2.28 bits per heavy atom. The summed E-state index contributed by atoms with van der Waals surface area (Å²) < 4.78 is 1.44. The van der Waals surface area contributed by atoms with E-state index in [4.69, 9.17) is 23.2 Å². The second kappa shape index (κ2) is 11.1. The van der Waals surface area contributed by atoms with Crippen LogP contribution < -0.4 is 10.6 Å². The Balaban J connectivity index is 1.44. The van der Waals surface area contributed by atoms with E-state index >= 15 is 0 Å². The number of rotatable bonds is 6. The molecule has 36 heavy (non-hydrogen) atoms. The van der Waals surface area contributed by atoms with Gasteiger partial charge in [0.1, 0.15) is 0 Å². The molecule has 1 fully saturated rings. The zero-order valence-electron chi connectivity index (χ0n) is 19.9. The van der Waals surface area contributed by atoms with Gasteiger partial charge in [0.05, 0.1) is 21.4 Å². The molecule has 0 spiro atoms. The summed E-state index contributed by atoms with van der Waals surface area (Å²) in [5, 5.41) is 10.2. The number of carbonyl (C=O) groups is 3. The van der Waals surface area contributed by atoms with Gasteiger partial charge in [-0.2, -0.15) is 5.10 Å². The summed E-state index contributed by atoms with van der Waals surface area (Å²) in [5.41, 5.74) is 2.00. The van der Waals surface area contributed by atoms with E-state index in [1.165, 1.54) is 4.68 Å². The molecule has 1 aliphatic heterocycles. The molecule has 1 saturated heterocycles. The second-order valence-electron chi connectivity index (χ2n) is 8.55. The summed E-state index contributed by atoms with van der Waals surface area (Å²) >= 11 is 12.3. The molecule has 4 rings (SSSR count). The van der Waals surface area contributed by atoms with Crippen LogP contribution in [0.1, 0.15) is 33.3 Å². The van der Waals surface area contributed by atoms with Crippen LogP contribution in [-0.4, -0.2) is 63.5 Å². The number of nitrogens with zero attached hydrogens (tertiary/aromatic N) is 4. The SMILES string of the molecule is CC(=O)N1CCN(Cc2cccc(C(=O)Nc3cn(C)nc3C(=O)Nc3c(Cl)cccc3Cl)c2)CC1. The van der Waals surface area contributed by atoms with Crippen LogP contribution in [0.5, 0.6) is 0 Å². The van der Waals surface area contributed by atoms with Crippen molar-refractivity contribution in [3.05, 3.63) is 75.5 Å². The molecule has 0 aliphatic carbocycles. The lowest BCUT2D eigenvalue weighted by Crippen LogP contribution is -2.47. The monoisotopic (exact) mass is 528 g/mol. The highest BCUT2D eigenvalue weighted by Crippen LogP contribution is 2.30. The van der Waals surface area contributed by atoms with Crippen molar-refractivity contribution in [3.8, 4) is 0 Å². The van der Waals surface area contributed by atoms with Gasteiger partial charge >= 0.3 is 0 Å². The molecule has 0 atom stereocenters. The summed E-state index contributed by atoms with van der Waals surface area (Å²) in [5.74, 6) is -0.831. The molecule has 3 aromatic rings. The average molecular weight is 529 g/mol. The highest BCUT2D eigenvalue weighted by Gasteiger charge is 2.22. The van der Waals surface area contributed by atoms with Crippen molar-refractivity contribution < 1.29 is 14.4 Å². The van der Waals surface area contributed by atoms with Crippen molar-refractivity contribution >= 4 is 52.3 Å². The Labute approximate surface area is 219 Å². The largest absolute Gasteiger partial charge is 0.340 e. The number of hydrogen-bond acceptors (Lipinski definition) is 5. The topological polar surface area (TPSA) is 99.6 Å². The second-order valence-corrected chi connectivity index (χ2v) is 9.37. The van der Waals surface area contributed by atoms with Crippen LogP contribution in [0.3, 0.4) is 0 Å². The van der Waals surface area contributed by atoms with Gasteiger partial charge in [-0.3, -0.25) is 24.0 Å². The number of piperazine rings is 1. The van der Waals surface area contributed by atoms with Crippen LogP contribution in [0.4, 0.5) is 11.4 Å². The van der Waals surface area contributed by atoms with Gasteiger partial charge in [-0.1, -0.05) is 41.4 Å². The predicted molar refractivity (Wildman–Crippen MR) is 140 cm³/mol. The number of halogens is 2. The third-order valence-corrected chi connectivity index (χ3v) is 6.54. The number of amides is 3. The Morgan fingerprint density at radius 2 is 1.61 bits per heavy atom. The fourth-order valence-corrected chi connectivity index (χ4v) is 4.51. The van der Waals surface area contributed by atoms with Crippen LogP contribution in [0.15, 0.2) is 48.7 Å². The molecule has 2 aromatic carbocycles. The number of hydrogen-bond donors (Lipinski definition) is 2. The van der Waals surface area contributed by atoms with Crippen molar-refractivity contribution in [2.45, 2.75) is 13.5 Å². The molecule has 0 unspecified atom stereocenters. The fraction of sp³-hybridized carbons (Fsp3) is 0.280. The first kappa shape index (κ1) is 25.7. The maximum atomic E-state index is 13.0. The van der Waals surface area contributed by atoms with Gasteiger partial charge in [0, 0.05) is 58.5 Å². The fourth-order valence-electron chi connectivity index (χ4n) is 4.02. The van der Waals surface area contributed by atoms with Gasteiger partial charge in [0.25, 0.3) is 11.8 Å². The molecule has 9 nitrogen and oxygen atoms in total. The van der Waals surface area contributed by atoms with E-state index < -0.39 is 5.91 Å². The smallest absolute Gasteiger partial charge is 0.278 e. The third-order valence-electron chi connectivity index (χ3n) is 5.91. The Hall–Kier alpha value is -3.40. The first-order valence-corrected chi connectivity index (χ1v) is 12.1. The number of para-hydroxylation sites is 1. The van der Waals surface area contributed by atoms with Crippen molar-refractivity contribution in [1.82, 2.24) is 19.6 Å². The molecule has 0 saturated carbocycles. The predicted octanol–water partition coefficient (Wildman–Crippen LogP) is 3.90. The Bertz CT molecular complexity index is 1280. The lowest BCUT2D eigenvalue weighted by atomic mass is 10.1. The van der Waals surface area contributed by atoms with Gasteiger partial charge < -0.3 is 15.5 Å². The summed E-state index contributed by atoms with van der Waals surface area (Å²) in [6, 6.07) is 12.2. The number of aryl methyl sites for hydroxylation is 1. The molecule has 2 heterocycles. The van der Waals surface area contributed by atoms with Crippen molar-refractivity contribution in [2.75, 3.05) is 36.8 Å². The van der Waals surface area contributed by atoms with Gasteiger partial charge in [-0.05, 0) is 29.8 Å². The summed E-state index contributed by atoms with van der Waals surface area (Å²) in [7, 11) is 1.65. The first-order valence-electron chi connectivity index (χ1n) is 11.4. The van der Waals surface area contributed by atoms with Crippen molar-refractivity contribution in [2.24, 2.45) is 7.05 Å². The van der Waals surface area contributed by atoms with E-state index in [1.807, 2.05) is 23.1 Å². The standard InChI is InChI=1S/C25H26Cl2N6O3/c1-16(34)33-11-9-32(10-12-33)14-17-5-3-6-18(13-17)24(35)28-21-15-31(2)30-23(21)25(36)29-22-19(26)7-4-8-20(22)27/h3-8,13,15H,9-12,14H2,1-2H3,(H,28,35)(H,29,36). The minimum absolute atomic E-state index is 0.0290. The average Bonchev–Trinajstić information content (AvgIpc) is 3.22. The van der Waals surface area contributed by atoms with E-state index in [-0.39, 0.29) is 38.9 Å². The molecule has 2 N–H and O–H groups in total. The molecule has 3 amide bonds. The van der Waals surface area contributed by atoms with E-state index in [2.05, 4.69) is 20.6 Å². The van der Waals surface area contributed by atoms with Crippen LogP contribution in [0.2, 0.25) is 10.0 Å². The number of aromatic nitrogens is 2. The van der Waals surface area contributed by atoms with E-state index in [0.29, 0.717) is 25.2 Å². The summed E-state index contributed by atoms with van der Waals surface area (Å²) in [4.78, 5) is 41.6. The van der Waals surface area contributed by atoms with Crippen LogP contribution in [-0.2, 0) is 18.4 Å². The van der Waals surface area contributed by atoms with E-state index in [1.54, 1.807) is 44.4 Å². The molecular weight excluding hydrogens is 503 g/mol. The minimum atomic E-state index is -0.556. The van der Waals surface area contributed by atoms with Gasteiger partial charge in [0.2, 0.25) is 5.91 Å². The molecule has 0 bridgehead atoms. The maximum absolute atomic E-state index is 13.0. The van der Waals surface area contributed by atoms with Crippen LogP contribution >= 0.6 is 23.2 Å². The zero-order chi connectivity index (χ0) is 25.8. The molecular formula is C25H26Cl2N6O3. The highest BCUT2D eigenvalue weighted by atomic mass is 35.5. The Kier molecular flexibility index (Phi) is 7.93. The molecule has 1 aromatic heterocycles. The lowest BCUT2D eigenvalue weighted by Gasteiger charge is -2.34. The van der Waals surface area contributed by atoms with Crippen LogP contribution in [0, 0.1) is 0 Å². The number of nitrogens with one attached hydrogen (secondary N) is 2. The molecule has 0 radical (unpaired) electrons. The molecule has 188 valence electrons. The highest BCUT2D eigenvalue weighted by molar-refractivity contribution is 6.40. The third kappa shape index (κ3) is 6.04. The van der Waals surface area contributed by atoms with Crippen molar-refractivity contribution in [3.63, 3.8) is 0 Å². The number of carbonyl (C=O) groups excluding carboxylic acids is 3. The summed E-state index contributed by atoms with van der Waals surface area (Å²) in [6.45, 7) is 5.20. The first-order chi connectivity index (χ1) is 17.2. The van der Waals surface area contributed by atoms with E-state index in [9.17, 15) is 14.4 Å². The molecule has 11 heteroatoms. The Morgan fingerprint density at radius 1 is 0.944 bits per heavy atom. The van der Waals surface area contributed by atoms with Gasteiger partial charge in [0.15, 0.2) is 5.69 Å². The lowest BCUT2D eigenvalue weighted by molar-refractivity contribution is -0.130. The van der Waals surface area contributed by atoms with Gasteiger partial charge in [-0.25, -0.2) is 0 Å². The normalized spacial score (nSPS) is 13.9. The van der Waals surface area contributed by atoms with Crippen molar-refractivity contribution in [1.29, 1.82) is 0 Å². The maximum Gasteiger partial charge on any atom is 0.278 e. The van der Waals surface area contributed by atoms with Gasteiger partial charge in [-0.15, -0.1) is 0 Å². The number of anilines is 2. The zero-order valence-corrected chi connectivity index (χ0v) is 21.4. The quantitative estimate of drug-likeness (QED) is 0.505. The number of benzene rings is 2. The van der Waals surface area contributed by atoms with Crippen LogP contribution in [0.25, 0.3) is 0 Å². The minimum Gasteiger partial charge on any atom is -0.340 e.